The summed E-state index contributed by atoms with van der Waals surface area (Å²) in [5.41, 5.74) is 3.34. The van der Waals surface area contributed by atoms with Crippen LogP contribution >= 0.6 is 0 Å². The standard InChI is InChI=1S/C20H30N4O2/c1-16-17(11-18(12-21)22(16)2)13-23-8-4-6-20(14-23)7-5-19(25)24(15-20)9-10-26-3/h11H,4-10,13-15H2,1-3H3/t20-/m1/s1. The Labute approximate surface area is 156 Å². The molecule has 2 aliphatic heterocycles. The third kappa shape index (κ3) is 3.79. The minimum atomic E-state index is 0.209. The number of nitrogens with zero attached hydrogens (tertiary/aromatic N) is 4. The Morgan fingerprint density at radius 2 is 2.15 bits per heavy atom. The van der Waals surface area contributed by atoms with Crippen molar-refractivity contribution in [3.63, 3.8) is 0 Å². The van der Waals surface area contributed by atoms with Gasteiger partial charge in [0.25, 0.3) is 0 Å². The van der Waals surface area contributed by atoms with Crippen LogP contribution in [0.25, 0.3) is 0 Å². The van der Waals surface area contributed by atoms with Gasteiger partial charge in [-0.2, -0.15) is 5.26 Å². The van der Waals surface area contributed by atoms with E-state index in [-0.39, 0.29) is 11.3 Å². The van der Waals surface area contributed by atoms with Gasteiger partial charge >= 0.3 is 0 Å². The first kappa shape index (κ1) is 18.9. The van der Waals surface area contributed by atoms with Gasteiger partial charge in [-0.15, -0.1) is 0 Å². The zero-order valence-corrected chi connectivity index (χ0v) is 16.3. The van der Waals surface area contributed by atoms with Crippen LogP contribution in [-0.4, -0.2) is 60.2 Å². The number of aromatic nitrogens is 1. The highest BCUT2D eigenvalue weighted by Crippen LogP contribution is 2.39. The quantitative estimate of drug-likeness (QED) is 0.808. The molecule has 0 radical (unpaired) electrons. The third-order valence-electron chi connectivity index (χ3n) is 6.20. The normalized spacial score (nSPS) is 24.2. The summed E-state index contributed by atoms with van der Waals surface area (Å²) in [6, 6.07) is 4.29. The van der Waals surface area contributed by atoms with Gasteiger partial charge in [-0.3, -0.25) is 9.69 Å². The molecule has 3 rings (SSSR count). The second-order valence-corrected chi connectivity index (χ2v) is 7.93. The molecule has 0 aromatic carbocycles. The number of likely N-dealkylation sites (tertiary alicyclic amines) is 2. The molecule has 1 aromatic heterocycles. The number of amides is 1. The third-order valence-corrected chi connectivity index (χ3v) is 6.20. The molecule has 2 fully saturated rings. The lowest BCUT2D eigenvalue weighted by atomic mass is 9.73. The van der Waals surface area contributed by atoms with Crippen LogP contribution < -0.4 is 0 Å². The zero-order chi connectivity index (χ0) is 18.7. The van der Waals surface area contributed by atoms with E-state index in [1.54, 1.807) is 7.11 Å². The molecule has 6 heteroatoms. The lowest BCUT2D eigenvalue weighted by molar-refractivity contribution is -0.140. The second kappa shape index (κ2) is 7.81. The lowest BCUT2D eigenvalue weighted by Gasteiger charge is -2.48. The molecule has 0 aliphatic carbocycles. The minimum absolute atomic E-state index is 0.209. The van der Waals surface area contributed by atoms with Gasteiger partial charge in [-0.1, -0.05) is 0 Å². The topological polar surface area (TPSA) is 61.5 Å². The van der Waals surface area contributed by atoms with E-state index in [1.165, 1.54) is 24.1 Å². The number of piperidine rings is 2. The van der Waals surface area contributed by atoms with Gasteiger partial charge < -0.3 is 14.2 Å². The minimum Gasteiger partial charge on any atom is -0.383 e. The highest BCUT2D eigenvalue weighted by molar-refractivity contribution is 5.77. The first-order valence-electron chi connectivity index (χ1n) is 9.52. The molecule has 1 amide bonds. The number of hydrogen-bond acceptors (Lipinski definition) is 4. The van der Waals surface area contributed by atoms with E-state index in [1.807, 2.05) is 22.6 Å². The highest BCUT2D eigenvalue weighted by atomic mass is 16.5. The fourth-order valence-electron chi connectivity index (χ4n) is 4.56. The van der Waals surface area contributed by atoms with Gasteiger partial charge in [0.15, 0.2) is 0 Å². The molecule has 0 N–H and O–H groups in total. The van der Waals surface area contributed by atoms with Crippen LogP contribution in [0.4, 0.5) is 0 Å². The number of methoxy groups -OCH3 is 1. The van der Waals surface area contributed by atoms with E-state index in [2.05, 4.69) is 17.9 Å². The summed E-state index contributed by atoms with van der Waals surface area (Å²) < 4.78 is 7.15. The van der Waals surface area contributed by atoms with Crippen LogP contribution in [0.2, 0.25) is 0 Å². The van der Waals surface area contributed by atoms with Crippen molar-refractivity contribution in [2.45, 2.75) is 39.2 Å². The van der Waals surface area contributed by atoms with Crippen molar-refractivity contribution in [1.29, 1.82) is 5.26 Å². The summed E-state index contributed by atoms with van der Waals surface area (Å²) in [6.45, 7) is 7.23. The number of nitriles is 1. The number of carbonyl (C=O) groups is 1. The second-order valence-electron chi connectivity index (χ2n) is 7.93. The maximum absolute atomic E-state index is 12.2. The fourth-order valence-corrected chi connectivity index (χ4v) is 4.56. The molecule has 1 aromatic rings. The fraction of sp³-hybridized carbons (Fsp3) is 0.700. The van der Waals surface area contributed by atoms with E-state index < -0.39 is 0 Å². The molecular formula is C20H30N4O2. The average Bonchev–Trinajstić information content (AvgIpc) is 2.91. The van der Waals surface area contributed by atoms with Gasteiger partial charge in [0.05, 0.1) is 6.61 Å². The lowest BCUT2D eigenvalue weighted by Crippen LogP contribution is -2.54. The number of ether oxygens (including phenoxy) is 1. The molecule has 6 nitrogen and oxygen atoms in total. The maximum atomic E-state index is 12.2. The predicted molar refractivity (Wildman–Crippen MR) is 99.5 cm³/mol. The first-order valence-corrected chi connectivity index (χ1v) is 9.52. The smallest absolute Gasteiger partial charge is 0.222 e. The van der Waals surface area contributed by atoms with Crippen LogP contribution in [0.15, 0.2) is 6.07 Å². The Morgan fingerprint density at radius 3 is 2.85 bits per heavy atom. The summed E-state index contributed by atoms with van der Waals surface area (Å²) in [5, 5.41) is 9.25. The largest absolute Gasteiger partial charge is 0.383 e. The van der Waals surface area contributed by atoms with E-state index in [0.717, 1.165) is 38.3 Å². The molecule has 0 saturated carbocycles. The van der Waals surface area contributed by atoms with Gasteiger partial charge in [0.2, 0.25) is 5.91 Å². The van der Waals surface area contributed by atoms with Gasteiger partial charge in [-0.25, -0.2) is 0 Å². The molecule has 0 unspecified atom stereocenters. The Kier molecular flexibility index (Phi) is 5.69. The Bertz CT molecular complexity index is 705. The van der Waals surface area contributed by atoms with Crippen molar-refractivity contribution in [2.24, 2.45) is 12.5 Å². The summed E-state index contributed by atoms with van der Waals surface area (Å²) in [4.78, 5) is 16.7. The molecule has 3 heterocycles. The number of carbonyl (C=O) groups excluding carboxylic acids is 1. The van der Waals surface area contributed by atoms with Crippen LogP contribution in [0.3, 0.4) is 0 Å². The van der Waals surface area contributed by atoms with Crippen molar-refractivity contribution in [3.05, 3.63) is 23.0 Å². The van der Waals surface area contributed by atoms with E-state index in [0.29, 0.717) is 19.6 Å². The molecule has 2 aliphatic rings. The average molecular weight is 358 g/mol. The zero-order valence-electron chi connectivity index (χ0n) is 16.3. The predicted octanol–water partition coefficient (Wildman–Crippen LogP) is 2.06. The molecule has 1 spiro atoms. The van der Waals surface area contributed by atoms with Gasteiger partial charge in [-0.05, 0) is 44.4 Å². The Balaban J connectivity index is 1.69. The molecule has 26 heavy (non-hydrogen) atoms. The SMILES string of the molecule is COCCN1C[C@]2(CCCN(Cc3cc(C#N)n(C)c3C)C2)CCC1=O. The van der Waals surface area contributed by atoms with Crippen LogP contribution in [0.5, 0.6) is 0 Å². The van der Waals surface area contributed by atoms with Crippen LogP contribution in [-0.2, 0) is 23.1 Å². The summed E-state index contributed by atoms with van der Waals surface area (Å²) in [7, 11) is 3.64. The van der Waals surface area contributed by atoms with Gasteiger partial charge in [0, 0.05) is 57.9 Å². The summed E-state index contributed by atoms with van der Waals surface area (Å²) in [5.74, 6) is 0.266. The van der Waals surface area contributed by atoms with Crippen molar-refractivity contribution in [3.8, 4) is 6.07 Å². The molecule has 1 atom stereocenters. The molecule has 2 saturated heterocycles. The Hall–Kier alpha value is -1.84. The van der Waals surface area contributed by atoms with Crippen molar-refractivity contribution < 1.29 is 9.53 Å². The van der Waals surface area contributed by atoms with E-state index >= 15 is 0 Å². The van der Waals surface area contributed by atoms with E-state index in [9.17, 15) is 10.1 Å². The summed E-state index contributed by atoms with van der Waals surface area (Å²) >= 11 is 0. The van der Waals surface area contributed by atoms with Gasteiger partial charge in [0.1, 0.15) is 11.8 Å². The molecule has 0 bridgehead atoms. The first-order chi connectivity index (χ1) is 12.5. The van der Waals surface area contributed by atoms with Crippen LogP contribution in [0, 0.1) is 23.7 Å². The van der Waals surface area contributed by atoms with Crippen molar-refractivity contribution >= 4 is 5.91 Å². The van der Waals surface area contributed by atoms with Crippen LogP contribution in [0.1, 0.15) is 42.6 Å². The summed E-state index contributed by atoms with van der Waals surface area (Å²) in [6.07, 6.45) is 4.00. The number of hydrogen-bond donors (Lipinski definition) is 0. The Morgan fingerprint density at radius 1 is 1.35 bits per heavy atom. The maximum Gasteiger partial charge on any atom is 0.222 e. The molecule has 142 valence electrons. The van der Waals surface area contributed by atoms with Crippen molar-refractivity contribution in [2.75, 3.05) is 39.9 Å². The number of rotatable bonds is 5. The molecular weight excluding hydrogens is 328 g/mol. The van der Waals surface area contributed by atoms with E-state index in [4.69, 9.17) is 4.74 Å². The highest BCUT2D eigenvalue weighted by Gasteiger charge is 2.41. The van der Waals surface area contributed by atoms with Crippen molar-refractivity contribution in [1.82, 2.24) is 14.4 Å². The monoisotopic (exact) mass is 358 g/mol.